The Morgan fingerprint density at radius 1 is 0.577 bits per heavy atom. The van der Waals surface area contributed by atoms with Crippen LogP contribution in [0.4, 0.5) is 0 Å². The first-order chi connectivity index (χ1) is 36.8. The van der Waals surface area contributed by atoms with Gasteiger partial charge in [0.05, 0.1) is 4.83 Å². The summed E-state index contributed by atoms with van der Waals surface area (Å²) in [5, 5.41) is 35.7. The Hall–Kier alpha value is -3.50. The molecule has 78 heavy (non-hydrogen) atoms. The topological polar surface area (TPSA) is 267 Å². The van der Waals surface area contributed by atoms with Gasteiger partial charge in [0.15, 0.2) is 36.6 Å². The number of aliphatic hydroxyl groups is 2. The number of unbranched alkanes of at least 4 members (excludes halogenated alkanes) is 12. The summed E-state index contributed by atoms with van der Waals surface area (Å²) in [6.45, 7) is 25.0. The molecule has 2 rings (SSSR count). The summed E-state index contributed by atoms with van der Waals surface area (Å²) in [6.07, 6.45) is 12.0. The molecular formula is C57H98Br3NO17. The lowest BCUT2D eigenvalue weighted by atomic mass is 10.1. The number of alkyl halides is 2. The number of rotatable bonds is 33. The van der Waals surface area contributed by atoms with Crippen LogP contribution in [0.1, 0.15) is 210 Å². The van der Waals surface area contributed by atoms with E-state index in [0.29, 0.717) is 25.7 Å². The van der Waals surface area contributed by atoms with Gasteiger partial charge in [0.2, 0.25) is 4.69 Å². The molecule has 1 saturated heterocycles. The number of hydrogen-bond acceptors (Lipinski definition) is 16. The summed E-state index contributed by atoms with van der Waals surface area (Å²) in [7, 11) is 0. The Bertz CT molecular complexity index is 1710. The van der Waals surface area contributed by atoms with E-state index in [9.17, 15) is 43.5 Å². The maximum atomic E-state index is 11.8. The second kappa shape index (κ2) is 54.1. The molecule has 8 atom stereocenters. The van der Waals surface area contributed by atoms with E-state index in [1.165, 1.54) is 33.5 Å². The Morgan fingerprint density at radius 2 is 1.03 bits per heavy atom. The van der Waals surface area contributed by atoms with Crippen LogP contribution in [0, 0.1) is 0 Å². The van der Waals surface area contributed by atoms with Crippen molar-refractivity contribution in [2.75, 3.05) is 19.6 Å². The third-order valence-corrected chi connectivity index (χ3v) is 13.5. The standard InChI is InChI=1S/C18H26O5.C11H19BrO4.C11H18O4.C8H16O3.C6H15N.C3H4Br2O/c1-3-4-5-9-12-16(19)18(21)23-14(2)17(20)22-13-15-10-7-6-8-11-15;1-3-4-5-6-7-9(10(13)14)16-11(15)8(2)12;1-3-4-5-6-7-9-11(13)14-8(2)10(12)15-9;1-2-3-4-5-6-7(9)8(10)11;1-4-7(5-2)6-3;1-2(4)3(5)6/h6-8,10-11,14,16,19H,3-5,9,12-13H2,1-2H3;8-9H,3-7H2,1-2H3,(H,13,14);8-9H,3-7H2,1-2H3;7,9H,2-6H2,1H3,(H,10,11);4-6H2,1-3H3;2H,1H3. The van der Waals surface area contributed by atoms with E-state index in [1.807, 2.05) is 30.3 Å². The molecule has 1 aliphatic heterocycles. The normalized spacial score (nSPS) is 15.6. The molecule has 1 aromatic carbocycles. The smallest absolute Gasteiger partial charge is 0.348 e. The minimum absolute atomic E-state index is 0.0116. The molecule has 21 heteroatoms. The van der Waals surface area contributed by atoms with E-state index in [-0.39, 0.29) is 16.1 Å². The van der Waals surface area contributed by atoms with Crippen LogP contribution >= 0.6 is 47.8 Å². The van der Waals surface area contributed by atoms with Crippen LogP contribution < -0.4 is 0 Å². The SMILES string of the molecule is CC(Br)C(=O)Br.CCCCCCC(O)C(=O)O.CCCCCCC(O)C(=O)OC(C)C(=O)OCc1ccccc1.CCCCCCC(OC(=O)C(C)Br)C(=O)O.CCCCCCC1OC(=O)C(C)OC1=O.CCN(CC)CC. The molecule has 0 aliphatic carbocycles. The lowest BCUT2D eigenvalue weighted by molar-refractivity contribution is -0.193. The van der Waals surface area contributed by atoms with Crippen molar-refractivity contribution >= 4 is 94.3 Å². The van der Waals surface area contributed by atoms with E-state index in [1.54, 1.807) is 13.8 Å². The Kier molecular flexibility index (Phi) is 56.2. The van der Waals surface area contributed by atoms with Crippen LogP contribution in [0.25, 0.3) is 0 Å². The van der Waals surface area contributed by atoms with Gasteiger partial charge in [-0.2, -0.15) is 0 Å². The van der Waals surface area contributed by atoms with Crippen molar-refractivity contribution < 1.29 is 82.5 Å². The van der Waals surface area contributed by atoms with Crippen LogP contribution in [0.15, 0.2) is 30.3 Å². The van der Waals surface area contributed by atoms with E-state index >= 15 is 0 Å². The molecule has 1 aliphatic rings. The number of carboxylic acid groups (broad SMARTS) is 2. The van der Waals surface area contributed by atoms with Crippen molar-refractivity contribution in [1.29, 1.82) is 0 Å². The summed E-state index contributed by atoms with van der Waals surface area (Å²) in [6, 6.07) is 9.24. The highest BCUT2D eigenvalue weighted by atomic mass is 79.9. The first-order valence-electron chi connectivity index (χ1n) is 27.9. The van der Waals surface area contributed by atoms with Crippen LogP contribution in [-0.4, -0.2) is 138 Å². The monoisotopic (exact) mass is 1310 g/mol. The number of nitrogens with zero attached hydrogens (tertiary/aromatic N) is 1. The highest BCUT2D eigenvalue weighted by Gasteiger charge is 2.35. The van der Waals surface area contributed by atoms with Crippen LogP contribution in [0.2, 0.25) is 0 Å². The Morgan fingerprint density at radius 3 is 1.42 bits per heavy atom. The molecule has 8 unspecified atom stereocenters. The fourth-order valence-corrected chi connectivity index (χ4v) is 6.43. The first kappa shape index (κ1) is 81.0. The highest BCUT2D eigenvalue weighted by molar-refractivity contribution is 9.20. The summed E-state index contributed by atoms with van der Waals surface area (Å²) in [5.74, 6) is -4.94. The number of aliphatic hydroxyl groups excluding tert-OH is 2. The number of hydrogen-bond donors (Lipinski definition) is 4. The lowest BCUT2D eigenvalue weighted by Crippen LogP contribution is -2.42. The summed E-state index contributed by atoms with van der Waals surface area (Å²) in [5.41, 5.74) is 0.857. The van der Waals surface area contributed by atoms with Gasteiger partial charge in [-0.1, -0.05) is 201 Å². The van der Waals surface area contributed by atoms with Crippen molar-refractivity contribution in [2.24, 2.45) is 0 Å². The van der Waals surface area contributed by atoms with E-state index in [0.717, 1.165) is 108 Å². The predicted molar refractivity (Wildman–Crippen MR) is 314 cm³/mol. The number of carbonyl (C=O) groups excluding carboxylic acids is 6. The second-order valence-corrected chi connectivity index (χ2v) is 21.9. The molecule has 0 amide bonds. The minimum atomic E-state index is -1.18. The zero-order valence-electron chi connectivity index (χ0n) is 48.7. The predicted octanol–water partition coefficient (Wildman–Crippen LogP) is 12.0. The minimum Gasteiger partial charge on any atom is -0.479 e. The van der Waals surface area contributed by atoms with E-state index in [2.05, 4.69) is 101 Å². The molecule has 0 saturated carbocycles. The molecule has 0 aromatic heterocycles. The number of cyclic esters (lactones) is 2. The molecule has 18 nitrogen and oxygen atoms in total. The van der Waals surface area contributed by atoms with Gasteiger partial charge < -0.3 is 49.0 Å². The third kappa shape index (κ3) is 48.4. The maximum absolute atomic E-state index is 11.8. The van der Waals surface area contributed by atoms with Crippen molar-refractivity contribution in [1.82, 2.24) is 4.90 Å². The molecule has 1 heterocycles. The number of halogens is 3. The van der Waals surface area contributed by atoms with Gasteiger partial charge >= 0.3 is 41.8 Å². The van der Waals surface area contributed by atoms with Crippen LogP contribution in [-0.2, 0) is 68.6 Å². The Balaban J connectivity index is -0.000000445. The number of carbonyl (C=O) groups is 8. The summed E-state index contributed by atoms with van der Waals surface area (Å²) >= 11 is 8.84. The van der Waals surface area contributed by atoms with Gasteiger partial charge in [-0.05, 0) is 107 Å². The fraction of sp³-hybridized carbons (Fsp3) is 0.754. The van der Waals surface area contributed by atoms with Crippen molar-refractivity contribution in [3.05, 3.63) is 35.9 Å². The zero-order chi connectivity index (χ0) is 60.4. The number of aliphatic carboxylic acids is 2. The lowest BCUT2D eigenvalue weighted by Gasteiger charge is -2.25. The van der Waals surface area contributed by atoms with Gasteiger partial charge in [0.1, 0.15) is 11.4 Å². The molecule has 1 fully saturated rings. The number of ether oxygens (including phenoxy) is 5. The van der Waals surface area contributed by atoms with E-state index in [4.69, 9.17) is 39.0 Å². The molecule has 0 radical (unpaired) electrons. The van der Waals surface area contributed by atoms with Crippen molar-refractivity contribution in [3.8, 4) is 0 Å². The average Bonchev–Trinajstić information content (AvgIpc) is 3.40. The number of esters is 5. The molecule has 4 N–H and O–H groups in total. The fourth-order valence-electron chi connectivity index (χ4n) is 6.33. The quantitative estimate of drug-likeness (QED) is 0.0167. The Labute approximate surface area is 491 Å². The number of benzene rings is 1. The van der Waals surface area contributed by atoms with Gasteiger partial charge in [-0.25, -0.2) is 28.8 Å². The molecule has 0 spiro atoms. The second-order valence-electron chi connectivity index (χ2n) is 18.4. The zero-order valence-corrected chi connectivity index (χ0v) is 53.4. The number of carboxylic acids is 2. The maximum Gasteiger partial charge on any atom is 0.348 e. The highest BCUT2D eigenvalue weighted by Crippen LogP contribution is 2.17. The van der Waals surface area contributed by atoms with Crippen LogP contribution in [0.5, 0.6) is 0 Å². The first-order valence-corrected chi connectivity index (χ1v) is 30.5. The van der Waals surface area contributed by atoms with E-state index < -0.39 is 83.2 Å². The van der Waals surface area contributed by atoms with Crippen molar-refractivity contribution in [3.63, 3.8) is 0 Å². The molecular weight excluding hydrogens is 1210 g/mol. The largest absolute Gasteiger partial charge is 0.479 e. The van der Waals surface area contributed by atoms with Gasteiger partial charge in [-0.15, -0.1) is 0 Å². The third-order valence-electron chi connectivity index (χ3n) is 11.4. The van der Waals surface area contributed by atoms with Gasteiger partial charge in [0.25, 0.3) is 0 Å². The molecule has 1 aromatic rings. The molecule has 454 valence electrons. The van der Waals surface area contributed by atoms with Crippen molar-refractivity contribution in [2.45, 2.75) is 257 Å². The van der Waals surface area contributed by atoms with Gasteiger partial charge in [-0.3, -0.25) is 9.59 Å². The molecule has 0 bridgehead atoms. The summed E-state index contributed by atoms with van der Waals surface area (Å²) < 4.78 is 24.7. The average molecular weight is 1310 g/mol. The van der Waals surface area contributed by atoms with Gasteiger partial charge in [0, 0.05) is 0 Å². The summed E-state index contributed by atoms with van der Waals surface area (Å²) in [4.78, 5) is 90.0. The van der Waals surface area contributed by atoms with Crippen LogP contribution in [0.3, 0.4) is 0 Å².